The van der Waals surface area contributed by atoms with Crippen molar-refractivity contribution in [1.82, 2.24) is 9.97 Å². The van der Waals surface area contributed by atoms with E-state index in [2.05, 4.69) is 15.3 Å². The molecule has 2 heterocycles. The zero-order valence-electron chi connectivity index (χ0n) is 15.6. The number of nitrogens with zero attached hydrogens (tertiary/aromatic N) is 1. The van der Waals surface area contributed by atoms with E-state index in [9.17, 15) is 18.0 Å². The number of anilines is 1. The Morgan fingerprint density at radius 3 is 2.77 bits per heavy atom. The van der Waals surface area contributed by atoms with Crippen LogP contribution in [0.1, 0.15) is 0 Å². The highest BCUT2D eigenvalue weighted by atomic mass is 35.5. The van der Waals surface area contributed by atoms with Gasteiger partial charge < -0.3 is 19.8 Å². The zero-order chi connectivity index (χ0) is 22.0. The van der Waals surface area contributed by atoms with E-state index in [1.54, 1.807) is 18.2 Å². The average molecular weight is 480 g/mol. The highest BCUT2D eigenvalue weighted by Gasteiger charge is 2.23. The molecule has 2 aromatic carbocycles. The van der Waals surface area contributed by atoms with Gasteiger partial charge in [-0.3, -0.25) is 9.59 Å². The van der Waals surface area contributed by atoms with Gasteiger partial charge >= 0.3 is 0 Å². The number of halogens is 1. The molecule has 0 spiro atoms. The molecular formula is C19H14ClN3O6S2. The summed E-state index contributed by atoms with van der Waals surface area (Å²) < 4.78 is 35.8. The summed E-state index contributed by atoms with van der Waals surface area (Å²) in [5.41, 5.74) is -0.312. The van der Waals surface area contributed by atoms with Gasteiger partial charge in [0, 0.05) is 16.8 Å². The van der Waals surface area contributed by atoms with Crippen LogP contribution in [0.3, 0.4) is 0 Å². The van der Waals surface area contributed by atoms with Crippen molar-refractivity contribution < 1.29 is 22.7 Å². The lowest BCUT2D eigenvalue weighted by Gasteiger charge is -2.07. The Balaban J connectivity index is 1.42. The van der Waals surface area contributed by atoms with Crippen LogP contribution in [0.4, 0.5) is 5.69 Å². The SMILES string of the molecule is O=C(CSc1ncc(S(=O)(=O)c2cccc(Cl)c2)c(=O)[nH]1)Nc1ccc2c(c1)OCO2. The minimum Gasteiger partial charge on any atom is -0.454 e. The number of carbonyl (C=O) groups excluding carboxylic acids is 1. The molecule has 9 nitrogen and oxygen atoms in total. The molecule has 0 atom stereocenters. The number of thioether (sulfide) groups is 1. The molecule has 3 aromatic rings. The second-order valence-electron chi connectivity index (χ2n) is 6.25. The number of benzene rings is 2. The summed E-state index contributed by atoms with van der Waals surface area (Å²) in [5.74, 6) is 0.731. The first kappa shape index (κ1) is 21.2. The third-order valence-corrected chi connectivity index (χ3v) is 7.00. The average Bonchev–Trinajstić information content (AvgIpc) is 3.20. The predicted octanol–water partition coefficient (Wildman–Crippen LogP) is 2.72. The molecule has 0 fully saturated rings. The first-order valence-corrected chi connectivity index (χ1v) is 11.6. The Labute approximate surface area is 185 Å². The van der Waals surface area contributed by atoms with Gasteiger partial charge in [-0.2, -0.15) is 0 Å². The Hall–Kier alpha value is -3.02. The second-order valence-corrected chi connectivity index (χ2v) is 9.57. The fraction of sp³-hybridized carbons (Fsp3) is 0.105. The minimum atomic E-state index is -4.09. The van der Waals surface area contributed by atoms with Gasteiger partial charge in [-0.05, 0) is 30.3 Å². The van der Waals surface area contributed by atoms with Crippen LogP contribution >= 0.6 is 23.4 Å². The number of H-pyrrole nitrogens is 1. The maximum absolute atomic E-state index is 12.7. The third-order valence-electron chi connectivity index (χ3n) is 4.14. The number of hydrogen-bond donors (Lipinski definition) is 2. The van der Waals surface area contributed by atoms with E-state index >= 15 is 0 Å². The van der Waals surface area contributed by atoms with E-state index < -0.39 is 20.3 Å². The van der Waals surface area contributed by atoms with Gasteiger partial charge in [-0.15, -0.1) is 0 Å². The number of hydrogen-bond acceptors (Lipinski definition) is 8. The Morgan fingerprint density at radius 1 is 1.19 bits per heavy atom. The first-order valence-electron chi connectivity index (χ1n) is 8.75. The molecule has 0 bridgehead atoms. The van der Waals surface area contributed by atoms with Crippen LogP contribution in [0, 0.1) is 0 Å². The summed E-state index contributed by atoms with van der Waals surface area (Å²) in [6.45, 7) is 0.130. The summed E-state index contributed by atoms with van der Waals surface area (Å²) in [4.78, 5) is 30.2. The largest absolute Gasteiger partial charge is 0.454 e. The third kappa shape index (κ3) is 4.68. The van der Waals surface area contributed by atoms with Gasteiger partial charge in [0.2, 0.25) is 22.5 Å². The van der Waals surface area contributed by atoms with Crippen LogP contribution in [-0.4, -0.2) is 36.8 Å². The van der Waals surface area contributed by atoms with Crippen molar-refractivity contribution in [2.45, 2.75) is 14.9 Å². The predicted molar refractivity (Wildman–Crippen MR) is 114 cm³/mol. The summed E-state index contributed by atoms with van der Waals surface area (Å²) in [7, 11) is -4.09. The number of sulfone groups is 1. The lowest BCUT2D eigenvalue weighted by molar-refractivity contribution is -0.113. The topological polar surface area (TPSA) is 127 Å². The second kappa shape index (κ2) is 8.61. The van der Waals surface area contributed by atoms with Gasteiger partial charge in [-0.1, -0.05) is 29.4 Å². The highest BCUT2D eigenvalue weighted by molar-refractivity contribution is 7.99. The van der Waals surface area contributed by atoms with Crippen molar-refractivity contribution in [2.75, 3.05) is 17.9 Å². The fourth-order valence-electron chi connectivity index (χ4n) is 2.70. The number of aromatic nitrogens is 2. The monoisotopic (exact) mass is 479 g/mol. The summed E-state index contributed by atoms with van der Waals surface area (Å²) >= 11 is 6.79. The van der Waals surface area contributed by atoms with E-state index in [4.69, 9.17) is 21.1 Å². The van der Waals surface area contributed by atoms with Crippen molar-refractivity contribution >= 4 is 44.8 Å². The molecule has 4 rings (SSSR count). The number of ether oxygens (including phenoxy) is 2. The van der Waals surface area contributed by atoms with Gasteiger partial charge in [0.25, 0.3) is 5.56 Å². The van der Waals surface area contributed by atoms with Crippen molar-refractivity contribution in [1.29, 1.82) is 0 Å². The molecule has 160 valence electrons. The van der Waals surface area contributed by atoms with E-state index in [0.717, 1.165) is 18.0 Å². The molecular weight excluding hydrogens is 466 g/mol. The molecule has 12 heteroatoms. The number of nitrogens with one attached hydrogen (secondary N) is 2. The van der Waals surface area contributed by atoms with Crippen LogP contribution in [0.5, 0.6) is 11.5 Å². The molecule has 1 aromatic heterocycles. The number of aromatic amines is 1. The lowest BCUT2D eigenvalue weighted by atomic mass is 10.3. The van der Waals surface area contributed by atoms with Gasteiger partial charge in [0.1, 0.15) is 0 Å². The van der Waals surface area contributed by atoms with Crippen molar-refractivity contribution in [3.8, 4) is 11.5 Å². The minimum absolute atomic E-state index is 0.0578. The van der Waals surface area contributed by atoms with Crippen molar-refractivity contribution in [2.24, 2.45) is 0 Å². The first-order chi connectivity index (χ1) is 14.8. The van der Waals surface area contributed by atoms with Gasteiger partial charge in [0.05, 0.1) is 16.8 Å². The van der Waals surface area contributed by atoms with E-state index in [1.165, 1.54) is 24.3 Å². The number of carbonyl (C=O) groups is 1. The van der Waals surface area contributed by atoms with E-state index in [-0.39, 0.29) is 33.5 Å². The van der Waals surface area contributed by atoms with Crippen LogP contribution in [-0.2, 0) is 14.6 Å². The standard InChI is InChI=1S/C19H14ClN3O6S2/c20-11-2-1-3-13(6-11)31(26,27)16-8-21-19(23-18(16)25)30-9-17(24)22-12-4-5-14-15(7-12)29-10-28-14/h1-8H,9-10H2,(H,22,24)(H,21,23,25). The Kier molecular flexibility index (Phi) is 5.90. The maximum atomic E-state index is 12.7. The highest BCUT2D eigenvalue weighted by Crippen LogP contribution is 2.34. The zero-order valence-corrected chi connectivity index (χ0v) is 18.0. The van der Waals surface area contributed by atoms with Crippen LogP contribution in [0.15, 0.2) is 68.4 Å². The normalized spacial score (nSPS) is 12.5. The molecule has 0 aliphatic carbocycles. The van der Waals surface area contributed by atoms with Gasteiger partial charge in [-0.25, -0.2) is 13.4 Å². The van der Waals surface area contributed by atoms with E-state index in [1.807, 2.05) is 0 Å². The van der Waals surface area contributed by atoms with Crippen molar-refractivity contribution in [3.63, 3.8) is 0 Å². The Morgan fingerprint density at radius 2 is 2.00 bits per heavy atom. The van der Waals surface area contributed by atoms with Crippen LogP contribution < -0.4 is 20.3 Å². The molecule has 0 saturated carbocycles. The molecule has 1 aliphatic heterocycles. The number of fused-ring (bicyclic) bond motifs is 1. The van der Waals surface area contributed by atoms with Gasteiger partial charge in [0.15, 0.2) is 21.6 Å². The molecule has 1 aliphatic rings. The Bertz CT molecular complexity index is 1330. The molecule has 1 amide bonds. The summed E-state index contributed by atoms with van der Waals surface area (Å²) in [6.07, 6.45) is 0.965. The van der Waals surface area contributed by atoms with E-state index in [0.29, 0.717) is 17.2 Å². The number of rotatable bonds is 6. The molecule has 2 N–H and O–H groups in total. The fourth-order valence-corrected chi connectivity index (χ4v) is 4.87. The molecule has 0 saturated heterocycles. The maximum Gasteiger partial charge on any atom is 0.270 e. The summed E-state index contributed by atoms with van der Waals surface area (Å²) in [5, 5.41) is 3.03. The van der Waals surface area contributed by atoms with Crippen molar-refractivity contribution in [3.05, 3.63) is 64.0 Å². The molecule has 0 radical (unpaired) electrons. The smallest absolute Gasteiger partial charge is 0.270 e. The quantitative estimate of drug-likeness (QED) is 0.408. The molecule has 31 heavy (non-hydrogen) atoms. The van der Waals surface area contributed by atoms with Crippen LogP contribution in [0.2, 0.25) is 5.02 Å². The number of amides is 1. The lowest BCUT2D eigenvalue weighted by Crippen LogP contribution is -2.20. The van der Waals surface area contributed by atoms with Crippen LogP contribution in [0.25, 0.3) is 0 Å². The summed E-state index contributed by atoms with van der Waals surface area (Å²) in [6, 6.07) is 10.6. The molecule has 0 unspecified atom stereocenters.